The molecule has 0 aliphatic rings. The quantitative estimate of drug-likeness (QED) is 0.298. The topological polar surface area (TPSA) is 63.3 Å². The molecule has 3 heteroatoms. The van der Waals surface area contributed by atoms with Gasteiger partial charge in [0.05, 0.1) is 5.69 Å². The Kier molecular flexibility index (Phi) is 2.48. The van der Waals surface area contributed by atoms with Crippen molar-refractivity contribution in [1.29, 1.82) is 0 Å². The minimum absolute atomic E-state index is 0.0306. The van der Waals surface area contributed by atoms with Crippen LogP contribution >= 0.6 is 0 Å². The fraction of sp³-hybridized carbons (Fsp3) is 0. The van der Waals surface area contributed by atoms with Gasteiger partial charge < -0.3 is 10.8 Å². The van der Waals surface area contributed by atoms with Gasteiger partial charge in [0.15, 0.2) is 0 Å². The average molecular weight is 163 g/mol. The molecule has 3 N–H and O–H groups in total. The maximum Gasteiger partial charge on any atom is 0.142 e. The Morgan fingerprint density at radius 1 is 1.42 bits per heavy atom. The van der Waals surface area contributed by atoms with Crippen molar-refractivity contribution in [3.63, 3.8) is 0 Å². The summed E-state index contributed by atoms with van der Waals surface area (Å²) in [6, 6.07) is 4.80. The molecule has 0 unspecified atom stereocenters. The van der Waals surface area contributed by atoms with Crippen LogP contribution in [0.1, 0.15) is 5.56 Å². The van der Waals surface area contributed by atoms with Gasteiger partial charge in [-0.1, -0.05) is 12.1 Å². The highest BCUT2D eigenvalue weighted by atomic mass is 16.3. The lowest BCUT2D eigenvalue weighted by atomic mass is 10.2. The zero-order chi connectivity index (χ0) is 8.97. The first-order valence-corrected chi connectivity index (χ1v) is 3.44. The van der Waals surface area contributed by atoms with Crippen LogP contribution in [0.5, 0.6) is 5.75 Å². The second-order valence-electron chi connectivity index (χ2n) is 2.31. The van der Waals surface area contributed by atoms with Crippen molar-refractivity contribution in [2.75, 3.05) is 5.73 Å². The lowest BCUT2D eigenvalue weighted by Crippen LogP contribution is -1.84. The SMILES string of the molecule is Nc1ccc(/C=C/C=O)cc1O. The maximum absolute atomic E-state index is 9.96. The molecule has 0 saturated heterocycles. The van der Waals surface area contributed by atoms with Gasteiger partial charge in [-0.2, -0.15) is 0 Å². The molecule has 0 heterocycles. The lowest BCUT2D eigenvalue weighted by Gasteiger charge is -1.98. The third kappa shape index (κ3) is 1.85. The molecular weight excluding hydrogens is 154 g/mol. The number of hydrogen-bond acceptors (Lipinski definition) is 3. The van der Waals surface area contributed by atoms with Crippen molar-refractivity contribution in [3.05, 3.63) is 29.8 Å². The first kappa shape index (κ1) is 8.33. The average Bonchev–Trinajstić information content (AvgIpc) is 2.07. The monoisotopic (exact) mass is 163 g/mol. The van der Waals surface area contributed by atoms with Crippen LogP contribution in [0.25, 0.3) is 6.08 Å². The fourth-order valence-corrected chi connectivity index (χ4v) is 0.815. The number of phenols is 1. The van der Waals surface area contributed by atoms with Crippen molar-refractivity contribution in [1.82, 2.24) is 0 Å². The van der Waals surface area contributed by atoms with E-state index >= 15 is 0 Å². The van der Waals surface area contributed by atoms with Crippen LogP contribution in [0.3, 0.4) is 0 Å². The summed E-state index contributed by atoms with van der Waals surface area (Å²) in [5.74, 6) is 0.0306. The summed E-state index contributed by atoms with van der Waals surface area (Å²) in [5, 5.41) is 9.15. The van der Waals surface area contributed by atoms with E-state index in [2.05, 4.69) is 0 Å². The van der Waals surface area contributed by atoms with E-state index in [1.165, 1.54) is 12.1 Å². The van der Waals surface area contributed by atoms with Crippen molar-refractivity contribution < 1.29 is 9.90 Å². The number of rotatable bonds is 2. The molecule has 1 aromatic carbocycles. The number of carbonyl (C=O) groups is 1. The standard InChI is InChI=1S/C9H9NO2/c10-8-4-3-7(2-1-5-11)6-9(8)12/h1-6,12H,10H2/b2-1+. The minimum atomic E-state index is 0.0306. The first-order chi connectivity index (χ1) is 5.74. The molecule has 0 bridgehead atoms. The molecule has 0 aliphatic carbocycles. The van der Waals surface area contributed by atoms with Crippen LogP contribution < -0.4 is 5.73 Å². The van der Waals surface area contributed by atoms with E-state index in [0.717, 1.165) is 5.56 Å². The summed E-state index contributed by atoms with van der Waals surface area (Å²) < 4.78 is 0. The summed E-state index contributed by atoms with van der Waals surface area (Å²) in [4.78, 5) is 9.96. The number of anilines is 1. The predicted molar refractivity (Wildman–Crippen MR) is 47.6 cm³/mol. The number of nitrogen functional groups attached to an aromatic ring is 1. The number of aldehydes is 1. The molecule has 0 amide bonds. The number of nitrogens with two attached hydrogens (primary N) is 1. The van der Waals surface area contributed by atoms with E-state index in [-0.39, 0.29) is 5.75 Å². The minimum Gasteiger partial charge on any atom is -0.506 e. The van der Waals surface area contributed by atoms with Crippen LogP contribution in [0.15, 0.2) is 24.3 Å². The number of hydrogen-bond donors (Lipinski definition) is 2. The highest BCUT2D eigenvalue weighted by molar-refractivity contribution is 5.74. The molecular formula is C9H9NO2. The zero-order valence-corrected chi connectivity index (χ0v) is 6.40. The molecule has 0 fully saturated rings. The van der Waals surface area contributed by atoms with Gasteiger partial charge in [0.2, 0.25) is 0 Å². The second kappa shape index (κ2) is 3.57. The Morgan fingerprint density at radius 3 is 2.75 bits per heavy atom. The molecule has 1 aromatic rings. The maximum atomic E-state index is 9.96. The van der Waals surface area contributed by atoms with Crippen LogP contribution in [-0.4, -0.2) is 11.4 Å². The highest BCUT2D eigenvalue weighted by Crippen LogP contribution is 2.20. The smallest absolute Gasteiger partial charge is 0.142 e. The fourth-order valence-electron chi connectivity index (χ4n) is 0.815. The number of benzene rings is 1. The van der Waals surface area contributed by atoms with Crippen LogP contribution in [0.4, 0.5) is 5.69 Å². The number of carbonyl (C=O) groups excluding carboxylic acids is 1. The normalized spacial score (nSPS) is 10.3. The van der Waals surface area contributed by atoms with E-state index in [0.29, 0.717) is 12.0 Å². The van der Waals surface area contributed by atoms with E-state index in [1.807, 2.05) is 0 Å². The number of phenolic OH excluding ortho intramolecular Hbond substituents is 1. The van der Waals surface area contributed by atoms with Crippen molar-refractivity contribution in [2.45, 2.75) is 0 Å². The summed E-state index contributed by atoms with van der Waals surface area (Å²) in [5.41, 5.74) is 6.45. The summed E-state index contributed by atoms with van der Waals surface area (Å²) in [6.45, 7) is 0. The van der Waals surface area contributed by atoms with Gasteiger partial charge in [0.1, 0.15) is 12.0 Å². The van der Waals surface area contributed by atoms with Gasteiger partial charge in [0.25, 0.3) is 0 Å². The van der Waals surface area contributed by atoms with Crippen molar-refractivity contribution in [3.8, 4) is 5.75 Å². The molecule has 0 radical (unpaired) electrons. The molecule has 0 aromatic heterocycles. The van der Waals surface area contributed by atoms with E-state index in [1.54, 1.807) is 18.2 Å². The summed E-state index contributed by atoms with van der Waals surface area (Å²) >= 11 is 0. The predicted octanol–water partition coefficient (Wildman–Crippen LogP) is 1.19. The van der Waals surface area contributed by atoms with Gasteiger partial charge in [-0.05, 0) is 23.8 Å². The zero-order valence-electron chi connectivity index (χ0n) is 6.40. The Morgan fingerprint density at radius 2 is 2.17 bits per heavy atom. The third-order valence-electron chi connectivity index (χ3n) is 1.42. The van der Waals surface area contributed by atoms with Crippen LogP contribution in [-0.2, 0) is 4.79 Å². The summed E-state index contributed by atoms with van der Waals surface area (Å²) in [6.07, 6.45) is 3.62. The first-order valence-electron chi connectivity index (χ1n) is 3.44. The van der Waals surface area contributed by atoms with E-state index < -0.39 is 0 Å². The summed E-state index contributed by atoms with van der Waals surface area (Å²) in [7, 11) is 0. The molecule has 62 valence electrons. The Labute approximate surface area is 70.1 Å². The highest BCUT2D eigenvalue weighted by Gasteiger charge is 1.94. The van der Waals surface area contributed by atoms with E-state index in [4.69, 9.17) is 10.8 Å². The molecule has 12 heavy (non-hydrogen) atoms. The largest absolute Gasteiger partial charge is 0.506 e. The molecule has 1 rings (SSSR count). The molecule has 0 spiro atoms. The van der Waals surface area contributed by atoms with Crippen molar-refractivity contribution >= 4 is 18.0 Å². The van der Waals surface area contributed by atoms with Gasteiger partial charge in [-0.15, -0.1) is 0 Å². The number of allylic oxidation sites excluding steroid dienone is 1. The molecule has 3 nitrogen and oxygen atoms in total. The molecule has 0 aliphatic heterocycles. The lowest BCUT2D eigenvalue weighted by molar-refractivity contribution is -0.104. The van der Waals surface area contributed by atoms with E-state index in [9.17, 15) is 4.79 Å². The molecule has 0 saturated carbocycles. The Bertz CT molecular complexity index is 318. The van der Waals surface area contributed by atoms with Crippen molar-refractivity contribution in [2.24, 2.45) is 0 Å². The number of aromatic hydroxyl groups is 1. The van der Waals surface area contributed by atoms with Gasteiger partial charge in [-0.3, -0.25) is 4.79 Å². The van der Waals surface area contributed by atoms with Crippen LogP contribution in [0, 0.1) is 0 Å². The van der Waals surface area contributed by atoms with Gasteiger partial charge in [-0.25, -0.2) is 0 Å². The Hall–Kier alpha value is -1.77. The second-order valence-corrected chi connectivity index (χ2v) is 2.31. The Balaban J connectivity index is 2.96. The van der Waals surface area contributed by atoms with Gasteiger partial charge >= 0.3 is 0 Å². The third-order valence-corrected chi connectivity index (χ3v) is 1.42. The molecule has 0 atom stereocenters. The van der Waals surface area contributed by atoms with Crippen LogP contribution in [0.2, 0.25) is 0 Å². The van der Waals surface area contributed by atoms with Gasteiger partial charge in [0, 0.05) is 0 Å².